The van der Waals surface area contributed by atoms with Gasteiger partial charge >= 0.3 is 0 Å². The van der Waals surface area contributed by atoms with E-state index < -0.39 is 12.2 Å². The van der Waals surface area contributed by atoms with Crippen LogP contribution in [0.25, 0.3) is 10.1 Å². The van der Waals surface area contributed by atoms with Crippen molar-refractivity contribution in [2.45, 2.75) is 13.3 Å². The van der Waals surface area contributed by atoms with Gasteiger partial charge in [0.15, 0.2) is 0 Å². The Morgan fingerprint density at radius 1 is 1.29 bits per heavy atom. The highest BCUT2D eigenvalue weighted by Crippen LogP contribution is 2.35. The molecule has 0 nitrogen and oxygen atoms in total. The Kier molecular flexibility index (Phi) is 2.23. The molecular weight excluding hydrogens is 209 g/mol. The van der Waals surface area contributed by atoms with Gasteiger partial charge in [0, 0.05) is 21.0 Å². The van der Waals surface area contributed by atoms with Gasteiger partial charge < -0.3 is 0 Å². The van der Waals surface area contributed by atoms with Crippen LogP contribution in [-0.2, 0) is 0 Å². The van der Waals surface area contributed by atoms with Crippen molar-refractivity contribution in [1.82, 2.24) is 0 Å². The van der Waals surface area contributed by atoms with Crippen LogP contribution in [-0.4, -0.2) is 0 Å². The van der Waals surface area contributed by atoms with Crippen LogP contribution >= 0.6 is 11.3 Å². The van der Waals surface area contributed by atoms with Crippen molar-refractivity contribution in [2.75, 3.05) is 0 Å². The second-order valence-corrected chi connectivity index (χ2v) is 3.94. The topological polar surface area (TPSA) is 0 Å². The van der Waals surface area contributed by atoms with E-state index in [0.29, 0.717) is 10.3 Å². The molecule has 0 amide bonds. The molecule has 0 fully saturated rings. The third-order valence-corrected chi connectivity index (χ3v) is 3.17. The van der Waals surface area contributed by atoms with Gasteiger partial charge in [-0.1, -0.05) is 12.1 Å². The normalized spacial score (nSPS) is 11.5. The number of aryl methyl sites for hydroxylation is 1. The number of rotatable bonds is 1. The molecule has 0 saturated heterocycles. The maximum Gasteiger partial charge on any atom is 0.265 e. The molecule has 0 spiro atoms. The third-order valence-electron chi connectivity index (χ3n) is 2.17. The molecule has 14 heavy (non-hydrogen) atoms. The Morgan fingerprint density at radius 2 is 2.00 bits per heavy atom. The summed E-state index contributed by atoms with van der Waals surface area (Å²) in [6, 6.07) is 3.07. The van der Waals surface area contributed by atoms with Gasteiger partial charge in [-0.3, -0.25) is 0 Å². The van der Waals surface area contributed by atoms with E-state index in [-0.39, 0.29) is 10.9 Å². The van der Waals surface area contributed by atoms with E-state index in [9.17, 15) is 13.2 Å². The van der Waals surface area contributed by atoms with Gasteiger partial charge in [0.2, 0.25) is 0 Å². The smallest absolute Gasteiger partial charge is 0.205 e. The summed E-state index contributed by atoms with van der Waals surface area (Å²) in [5.74, 6) is -0.424. The molecule has 0 atom stereocenters. The van der Waals surface area contributed by atoms with Crippen LogP contribution < -0.4 is 0 Å². The Labute approximate surface area is 83.0 Å². The summed E-state index contributed by atoms with van der Waals surface area (Å²) in [6.45, 7) is 1.61. The summed E-state index contributed by atoms with van der Waals surface area (Å²) < 4.78 is 38.7. The average molecular weight is 216 g/mol. The molecule has 0 radical (unpaired) electrons. The highest BCUT2D eigenvalue weighted by atomic mass is 32.1. The van der Waals surface area contributed by atoms with E-state index in [1.54, 1.807) is 13.0 Å². The summed E-state index contributed by atoms with van der Waals surface area (Å²) in [4.78, 5) is 0. The molecule has 1 aromatic carbocycles. The number of fused-ring (bicyclic) bond motifs is 1. The van der Waals surface area contributed by atoms with Gasteiger partial charge in [0.25, 0.3) is 6.43 Å². The number of alkyl halides is 2. The van der Waals surface area contributed by atoms with E-state index in [2.05, 4.69) is 0 Å². The van der Waals surface area contributed by atoms with Crippen molar-refractivity contribution in [2.24, 2.45) is 0 Å². The molecule has 0 bridgehead atoms. The van der Waals surface area contributed by atoms with Gasteiger partial charge in [0.05, 0.1) is 0 Å². The highest BCUT2D eigenvalue weighted by molar-refractivity contribution is 7.17. The molecule has 2 rings (SSSR count). The number of thiophene rings is 1. The second-order valence-electron chi connectivity index (χ2n) is 3.06. The fraction of sp³-hybridized carbons (Fsp3) is 0.200. The Hall–Kier alpha value is -1.03. The minimum absolute atomic E-state index is 0.0450. The number of hydrogen-bond donors (Lipinski definition) is 0. The summed E-state index contributed by atoms with van der Waals surface area (Å²) >= 11 is 1.03. The standard InChI is InChI=1S/C10H7F3S/c1-5-2-3-6-7(11)4-14-9(6)8(5)10(12)13/h2-4,10H,1H3. The van der Waals surface area contributed by atoms with Crippen LogP contribution in [0, 0.1) is 12.7 Å². The lowest BCUT2D eigenvalue weighted by atomic mass is 10.1. The van der Waals surface area contributed by atoms with Gasteiger partial charge in [-0.25, -0.2) is 13.2 Å². The second kappa shape index (κ2) is 3.28. The molecule has 4 heteroatoms. The van der Waals surface area contributed by atoms with E-state index >= 15 is 0 Å². The van der Waals surface area contributed by atoms with Crippen molar-refractivity contribution < 1.29 is 13.2 Å². The van der Waals surface area contributed by atoms with Crippen LogP contribution in [0.1, 0.15) is 17.6 Å². The predicted octanol–water partition coefficient (Wildman–Crippen LogP) is 4.29. The van der Waals surface area contributed by atoms with Crippen molar-refractivity contribution in [3.8, 4) is 0 Å². The summed E-state index contributed by atoms with van der Waals surface area (Å²) in [6.07, 6.45) is -2.54. The number of benzene rings is 1. The fourth-order valence-electron chi connectivity index (χ4n) is 1.46. The molecule has 0 unspecified atom stereocenters. The first-order valence-corrected chi connectivity index (χ1v) is 4.93. The first-order chi connectivity index (χ1) is 6.61. The fourth-order valence-corrected chi connectivity index (χ4v) is 2.48. The van der Waals surface area contributed by atoms with Gasteiger partial charge in [-0.2, -0.15) is 0 Å². The van der Waals surface area contributed by atoms with Crippen molar-refractivity contribution in [3.05, 3.63) is 34.5 Å². The molecule has 0 saturated carbocycles. The van der Waals surface area contributed by atoms with Crippen molar-refractivity contribution in [1.29, 1.82) is 0 Å². The lowest BCUT2D eigenvalue weighted by Crippen LogP contribution is -1.89. The molecule has 0 aliphatic carbocycles. The van der Waals surface area contributed by atoms with E-state index in [4.69, 9.17) is 0 Å². The Bertz CT molecular complexity index is 473. The zero-order chi connectivity index (χ0) is 10.3. The molecule has 1 heterocycles. The maximum atomic E-state index is 13.1. The summed E-state index contributed by atoms with van der Waals surface area (Å²) in [5.41, 5.74) is 0.464. The first kappa shape index (κ1) is 9.52. The summed E-state index contributed by atoms with van der Waals surface area (Å²) in [5, 5.41) is 1.55. The quantitative estimate of drug-likeness (QED) is 0.667. The maximum absolute atomic E-state index is 13.1. The first-order valence-electron chi connectivity index (χ1n) is 4.05. The Morgan fingerprint density at radius 3 is 2.64 bits per heavy atom. The zero-order valence-corrected chi connectivity index (χ0v) is 8.17. The van der Waals surface area contributed by atoms with Crippen LogP contribution in [0.4, 0.5) is 13.2 Å². The highest BCUT2D eigenvalue weighted by Gasteiger charge is 2.17. The minimum Gasteiger partial charge on any atom is -0.205 e. The molecule has 0 aliphatic rings. The molecule has 0 N–H and O–H groups in total. The van der Waals surface area contributed by atoms with Crippen LogP contribution in [0.5, 0.6) is 0 Å². The predicted molar refractivity (Wildman–Crippen MR) is 51.5 cm³/mol. The number of halogens is 3. The number of hydrogen-bond acceptors (Lipinski definition) is 1. The monoisotopic (exact) mass is 216 g/mol. The lowest BCUT2D eigenvalue weighted by molar-refractivity contribution is 0.152. The van der Waals surface area contributed by atoms with Crippen molar-refractivity contribution in [3.63, 3.8) is 0 Å². The largest absolute Gasteiger partial charge is 0.265 e. The molecule has 74 valence electrons. The van der Waals surface area contributed by atoms with Crippen LogP contribution in [0.2, 0.25) is 0 Å². The van der Waals surface area contributed by atoms with E-state index in [0.717, 1.165) is 11.3 Å². The van der Waals surface area contributed by atoms with Crippen molar-refractivity contribution >= 4 is 21.4 Å². The molecule has 1 aromatic heterocycles. The zero-order valence-electron chi connectivity index (χ0n) is 7.35. The van der Waals surface area contributed by atoms with Gasteiger partial charge in [0.1, 0.15) is 5.82 Å². The molecule has 0 aliphatic heterocycles. The van der Waals surface area contributed by atoms with E-state index in [1.807, 2.05) is 0 Å². The van der Waals surface area contributed by atoms with Crippen LogP contribution in [0.3, 0.4) is 0 Å². The Balaban J connectivity index is 2.83. The SMILES string of the molecule is Cc1ccc2c(F)csc2c1C(F)F. The van der Waals surface area contributed by atoms with E-state index in [1.165, 1.54) is 11.4 Å². The molecular formula is C10H7F3S. The van der Waals surface area contributed by atoms with Crippen LogP contribution in [0.15, 0.2) is 17.5 Å². The van der Waals surface area contributed by atoms with Gasteiger partial charge in [-0.15, -0.1) is 11.3 Å². The lowest BCUT2D eigenvalue weighted by Gasteiger charge is -2.05. The third kappa shape index (κ3) is 1.30. The minimum atomic E-state index is -2.54. The summed E-state index contributed by atoms with van der Waals surface area (Å²) in [7, 11) is 0. The average Bonchev–Trinajstić information content (AvgIpc) is 2.47. The molecule has 2 aromatic rings. The van der Waals surface area contributed by atoms with Gasteiger partial charge in [-0.05, 0) is 12.5 Å².